The molecule has 4 heteroatoms. The van der Waals surface area contributed by atoms with E-state index in [1.807, 2.05) is 12.2 Å². The van der Waals surface area contributed by atoms with Crippen LogP contribution in [0.3, 0.4) is 0 Å². The summed E-state index contributed by atoms with van der Waals surface area (Å²) in [6.07, 6.45) is 10.0. The molecule has 0 heterocycles. The van der Waals surface area contributed by atoms with Gasteiger partial charge in [-0.25, -0.2) is 12.2 Å². The molecule has 0 bridgehead atoms. The normalized spacial score (nSPS) is 6.29. The minimum absolute atomic E-state index is 0. The van der Waals surface area contributed by atoms with Crippen LogP contribution in [0.5, 0.6) is 0 Å². The molecular formula is C10H23F3Ti-6. The fourth-order valence-electron chi connectivity index (χ4n) is 0.340. The van der Waals surface area contributed by atoms with Gasteiger partial charge in [0, 0.05) is 21.7 Å². The van der Waals surface area contributed by atoms with Crippen molar-refractivity contribution in [1.82, 2.24) is 0 Å². The van der Waals surface area contributed by atoms with Crippen LogP contribution in [0.1, 0.15) is 6.42 Å². The van der Waals surface area contributed by atoms with E-state index in [1.54, 1.807) is 0 Å². The van der Waals surface area contributed by atoms with Crippen molar-refractivity contribution in [2.45, 2.75) is 6.42 Å². The fourth-order valence-corrected chi connectivity index (χ4v) is 0.340. The number of allylic oxidation sites excluding steroid dienone is 4. The molecule has 0 aliphatic heterocycles. The zero-order chi connectivity index (χ0) is 3.54. The SMILES string of the molecule is F.F.F.[C-]1=CC=CC1.[CH3-].[CH3-].[CH3-].[CH3-].[CH3-].[Ti]. The molecule has 0 spiro atoms. The van der Waals surface area contributed by atoms with Crippen molar-refractivity contribution in [3.05, 3.63) is 61.4 Å². The number of hydrogen-bond donors (Lipinski definition) is 0. The summed E-state index contributed by atoms with van der Waals surface area (Å²) < 4.78 is 0. The van der Waals surface area contributed by atoms with Crippen LogP contribution in [0.15, 0.2) is 18.2 Å². The minimum Gasteiger partial charge on any atom is -0.358 e. The second kappa shape index (κ2) is 75.1. The Bertz CT molecular complexity index is 73.4. The molecule has 0 aromatic rings. The maximum Gasteiger partial charge on any atom is 0 e. The standard InChI is InChI=1S/C5H5.5CH3.3FH.Ti/c1-2-4-5-3-1;;;;;;;;;/h1-3H,4H2;5*1H3;3*1H;/q6*-1;;;;. The summed E-state index contributed by atoms with van der Waals surface area (Å²) in [5.74, 6) is 0. The van der Waals surface area contributed by atoms with Crippen molar-refractivity contribution in [3.8, 4) is 0 Å². The third-order valence-corrected chi connectivity index (χ3v) is 0.586. The summed E-state index contributed by atoms with van der Waals surface area (Å²) >= 11 is 0. The van der Waals surface area contributed by atoms with Gasteiger partial charge in [-0.05, 0) is 0 Å². The summed E-state index contributed by atoms with van der Waals surface area (Å²) in [6.45, 7) is 0. The minimum atomic E-state index is 0. The van der Waals surface area contributed by atoms with Crippen molar-refractivity contribution < 1.29 is 35.8 Å². The number of rotatable bonds is 0. The average Bonchev–Trinajstić information content (AvgIpc) is 1.76. The third kappa shape index (κ3) is 58.2. The van der Waals surface area contributed by atoms with Crippen molar-refractivity contribution in [2.75, 3.05) is 0 Å². The molecule has 0 nitrogen and oxygen atoms in total. The smallest absolute Gasteiger partial charge is 0 e. The largest absolute Gasteiger partial charge is 0.358 e. The van der Waals surface area contributed by atoms with Crippen LogP contribution in [-0.2, 0) is 21.7 Å². The van der Waals surface area contributed by atoms with Crippen LogP contribution in [0.25, 0.3) is 0 Å². The van der Waals surface area contributed by atoms with Gasteiger partial charge in [0.15, 0.2) is 0 Å². The Labute approximate surface area is 104 Å². The van der Waals surface area contributed by atoms with E-state index in [0.717, 1.165) is 6.42 Å². The van der Waals surface area contributed by atoms with E-state index >= 15 is 0 Å². The van der Waals surface area contributed by atoms with Gasteiger partial charge >= 0.3 is 0 Å². The molecule has 0 fully saturated rings. The average molecular weight is 248 g/mol. The molecule has 0 saturated heterocycles. The van der Waals surface area contributed by atoms with E-state index in [2.05, 4.69) is 12.2 Å². The molecule has 0 radical (unpaired) electrons. The van der Waals surface area contributed by atoms with Crippen LogP contribution in [-0.4, -0.2) is 0 Å². The molecule has 0 aromatic heterocycles. The van der Waals surface area contributed by atoms with E-state index < -0.39 is 0 Å². The van der Waals surface area contributed by atoms with E-state index in [1.165, 1.54) is 0 Å². The van der Waals surface area contributed by atoms with Crippen LogP contribution in [0.2, 0.25) is 0 Å². The van der Waals surface area contributed by atoms with Crippen molar-refractivity contribution in [2.24, 2.45) is 0 Å². The molecule has 0 N–H and O–H groups in total. The first-order valence-electron chi connectivity index (χ1n) is 1.72. The molecule has 0 atom stereocenters. The second-order valence-corrected chi connectivity index (χ2v) is 1.00. The molecule has 0 unspecified atom stereocenters. The van der Waals surface area contributed by atoms with Gasteiger partial charge in [0.25, 0.3) is 0 Å². The third-order valence-electron chi connectivity index (χ3n) is 0.586. The maximum atomic E-state index is 2.99. The Morgan fingerprint density at radius 2 is 1.14 bits per heavy atom. The van der Waals surface area contributed by atoms with Crippen LogP contribution in [0.4, 0.5) is 14.1 Å². The van der Waals surface area contributed by atoms with Crippen molar-refractivity contribution in [3.63, 3.8) is 0 Å². The predicted molar refractivity (Wildman–Crippen MR) is 61.1 cm³/mol. The van der Waals surface area contributed by atoms with Gasteiger partial charge in [-0.15, -0.1) is 6.42 Å². The zero-order valence-electron chi connectivity index (χ0n) is 9.66. The first-order valence-corrected chi connectivity index (χ1v) is 1.72. The Morgan fingerprint density at radius 3 is 1.21 bits per heavy atom. The molecule has 0 aromatic carbocycles. The van der Waals surface area contributed by atoms with Crippen molar-refractivity contribution >= 4 is 0 Å². The van der Waals surface area contributed by atoms with Crippen LogP contribution < -0.4 is 0 Å². The Balaban J connectivity index is -0.00000000397. The fraction of sp³-hybridized carbons (Fsp3) is 0.100. The molecule has 94 valence electrons. The molecule has 0 saturated carbocycles. The summed E-state index contributed by atoms with van der Waals surface area (Å²) in [5, 5.41) is 0. The number of hydrogen-bond acceptors (Lipinski definition) is 0. The first-order chi connectivity index (χ1) is 2.50. The van der Waals surface area contributed by atoms with Gasteiger partial charge in [0.2, 0.25) is 0 Å². The van der Waals surface area contributed by atoms with Crippen LogP contribution >= 0.6 is 0 Å². The van der Waals surface area contributed by atoms with Gasteiger partial charge in [-0.2, -0.15) is 6.08 Å². The van der Waals surface area contributed by atoms with Crippen LogP contribution in [0, 0.1) is 43.2 Å². The first kappa shape index (κ1) is 94.9. The van der Waals surface area contributed by atoms with E-state index in [4.69, 9.17) is 0 Å². The van der Waals surface area contributed by atoms with Gasteiger partial charge in [0.1, 0.15) is 0 Å². The summed E-state index contributed by atoms with van der Waals surface area (Å²) in [6, 6.07) is 0. The maximum absolute atomic E-state index is 2.99. The van der Waals surface area contributed by atoms with E-state index in [9.17, 15) is 0 Å². The molecule has 1 rings (SSSR count). The van der Waals surface area contributed by atoms with Gasteiger partial charge < -0.3 is 37.1 Å². The second-order valence-electron chi connectivity index (χ2n) is 1.00. The van der Waals surface area contributed by atoms with Crippen molar-refractivity contribution in [1.29, 1.82) is 0 Å². The summed E-state index contributed by atoms with van der Waals surface area (Å²) in [4.78, 5) is 0. The molecular weight excluding hydrogens is 225 g/mol. The quantitative estimate of drug-likeness (QED) is 0.448. The summed E-state index contributed by atoms with van der Waals surface area (Å²) in [5.41, 5.74) is 0. The van der Waals surface area contributed by atoms with Gasteiger partial charge in [-0.1, -0.05) is 0 Å². The van der Waals surface area contributed by atoms with E-state index in [0.29, 0.717) is 0 Å². The Morgan fingerprint density at radius 1 is 0.786 bits per heavy atom. The zero-order valence-corrected chi connectivity index (χ0v) is 11.2. The molecule has 14 heavy (non-hydrogen) atoms. The number of halogens is 3. The molecule has 1 aliphatic carbocycles. The topological polar surface area (TPSA) is 0 Å². The molecule has 0 amide bonds. The summed E-state index contributed by atoms with van der Waals surface area (Å²) in [7, 11) is 0. The van der Waals surface area contributed by atoms with Gasteiger partial charge in [-0.3, -0.25) is 20.2 Å². The predicted octanol–water partition coefficient (Wildman–Crippen LogP) is 4.01. The molecule has 1 aliphatic rings. The Hall–Kier alpha value is -0.0157. The monoisotopic (exact) mass is 248 g/mol. The Kier molecular flexibility index (Phi) is 509. The van der Waals surface area contributed by atoms with E-state index in [-0.39, 0.29) is 73.0 Å². The van der Waals surface area contributed by atoms with Gasteiger partial charge in [0.05, 0.1) is 0 Å².